The van der Waals surface area contributed by atoms with Crippen LogP contribution in [0.4, 0.5) is 13.2 Å². The fourth-order valence-corrected chi connectivity index (χ4v) is 1.56. The second kappa shape index (κ2) is 5.35. The van der Waals surface area contributed by atoms with E-state index in [2.05, 4.69) is 5.32 Å². The molecule has 0 aromatic heterocycles. The number of hydrogen-bond donors (Lipinski definition) is 2. The molecule has 0 atom stereocenters. The van der Waals surface area contributed by atoms with Crippen molar-refractivity contribution < 1.29 is 22.8 Å². The van der Waals surface area contributed by atoms with Crippen molar-refractivity contribution in [1.29, 1.82) is 0 Å². The van der Waals surface area contributed by atoms with Crippen molar-refractivity contribution in [3.05, 3.63) is 0 Å². The van der Waals surface area contributed by atoms with Crippen molar-refractivity contribution in [3.8, 4) is 0 Å². The number of rotatable bonds is 5. The number of likely N-dealkylation sites (tertiary alicyclic amines) is 1. The zero-order valence-corrected chi connectivity index (χ0v) is 9.09. The van der Waals surface area contributed by atoms with Crippen LogP contribution in [0.2, 0.25) is 0 Å². The van der Waals surface area contributed by atoms with Gasteiger partial charge in [-0.15, -0.1) is 0 Å². The second-order valence-corrected chi connectivity index (χ2v) is 3.99. The van der Waals surface area contributed by atoms with Gasteiger partial charge in [0, 0.05) is 38.5 Å². The first-order chi connectivity index (χ1) is 7.80. The summed E-state index contributed by atoms with van der Waals surface area (Å²) in [6.45, 7) is 1.08. The Balaban J connectivity index is 2.11. The molecule has 0 aliphatic carbocycles. The van der Waals surface area contributed by atoms with Crippen molar-refractivity contribution in [2.45, 2.75) is 12.6 Å². The van der Waals surface area contributed by atoms with Crippen LogP contribution in [-0.2, 0) is 9.59 Å². The van der Waals surface area contributed by atoms with Crippen LogP contribution in [0.1, 0.15) is 6.42 Å². The molecule has 3 N–H and O–H groups in total. The third-order valence-electron chi connectivity index (χ3n) is 2.47. The van der Waals surface area contributed by atoms with Crippen LogP contribution < -0.4 is 11.1 Å². The first-order valence-corrected chi connectivity index (χ1v) is 5.16. The number of nitrogens with two attached hydrogens (primary N) is 1. The van der Waals surface area contributed by atoms with E-state index in [-0.39, 0.29) is 25.4 Å². The van der Waals surface area contributed by atoms with E-state index in [1.54, 1.807) is 0 Å². The second-order valence-electron chi connectivity index (χ2n) is 3.99. The summed E-state index contributed by atoms with van der Waals surface area (Å²) < 4.78 is 36.0. The molecule has 0 bridgehead atoms. The fraction of sp³-hybridized carbons (Fsp3) is 0.778. The standard InChI is InChI=1S/C9H14F3N3O2/c10-9(11,12)8(17)15-4-6(5-15)3-14-2-1-7(13)16/h6,14H,1-5H2,(H2,13,16). The van der Waals surface area contributed by atoms with Crippen LogP contribution in [0, 0.1) is 5.92 Å². The van der Waals surface area contributed by atoms with Crippen molar-refractivity contribution in [2.75, 3.05) is 26.2 Å². The van der Waals surface area contributed by atoms with E-state index >= 15 is 0 Å². The Hall–Kier alpha value is -1.31. The highest BCUT2D eigenvalue weighted by Crippen LogP contribution is 2.24. The van der Waals surface area contributed by atoms with Crippen LogP contribution >= 0.6 is 0 Å². The van der Waals surface area contributed by atoms with Crippen molar-refractivity contribution in [2.24, 2.45) is 11.7 Å². The molecular formula is C9H14F3N3O2. The van der Waals surface area contributed by atoms with Gasteiger partial charge >= 0.3 is 12.1 Å². The minimum atomic E-state index is -4.79. The number of alkyl halides is 3. The SMILES string of the molecule is NC(=O)CCNCC1CN(C(=O)C(F)(F)F)C1. The molecule has 1 aliphatic heterocycles. The third kappa shape index (κ3) is 4.22. The summed E-state index contributed by atoms with van der Waals surface area (Å²) in [7, 11) is 0. The van der Waals surface area contributed by atoms with Gasteiger partial charge in [0.15, 0.2) is 0 Å². The van der Waals surface area contributed by atoms with E-state index in [9.17, 15) is 22.8 Å². The fourth-order valence-electron chi connectivity index (χ4n) is 1.56. The maximum Gasteiger partial charge on any atom is 0.471 e. The number of amides is 2. The predicted octanol–water partition coefficient (Wildman–Crippen LogP) is -0.528. The molecule has 1 rings (SSSR count). The lowest BCUT2D eigenvalue weighted by Gasteiger charge is -2.39. The molecule has 0 unspecified atom stereocenters. The molecule has 8 heteroatoms. The number of halogens is 3. The number of carbonyl (C=O) groups excluding carboxylic acids is 2. The first kappa shape index (κ1) is 13.8. The number of nitrogens with zero attached hydrogens (tertiary/aromatic N) is 1. The van der Waals surface area contributed by atoms with Crippen molar-refractivity contribution >= 4 is 11.8 Å². The minimum absolute atomic E-state index is 0.00850. The van der Waals surface area contributed by atoms with Gasteiger partial charge in [-0.05, 0) is 0 Å². The predicted molar refractivity (Wildman–Crippen MR) is 52.8 cm³/mol. The molecule has 5 nitrogen and oxygen atoms in total. The molecule has 98 valence electrons. The molecule has 1 heterocycles. The molecule has 0 aromatic carbocycles. The zero-order chi connectivity index (χ0) is 13.1. The monoisotopic (exact) mass is 253 g/mol. The summed E-state index contributed by atoms with van der Waals surface area (Å²) in [6.07, 6.45) is -4.59. The van der Waals surface area contributed by atoms with Gasteiger partial charge in [0.1, 0.15) is 0 Å². The molecule has 17 heavy (non-hydrogen) atoms. The van der Waals surface area contributed by atoms with Gasteiger partial charge in [-0.25, -0.2) is 0 Å². The normalized spacial score (nSPS) is 16.8. The molecule has 0 aromatic rings. The van der Waals surface area contributed by atoms with E-state index in [0.717, 1.165) is 4.90 Å². The van der Waals surface area contributed by atoms with Gasteiger partial charge in [-0.3, -0.25) is 9.59 Å². The average molecular weight is 253 g/mol. The maximum atomic E-state index is 12.0. The van der Waals surface area contributed by atoms with Crippen molar-refractivity contribution in [3.63, 3.8) is 0 Å². The summed E-state index contributed by atoms with van der Waals surface area (Å²) in [6, 6.07) is 0. The van der Waals surface area contributed by atoms with Crippen molar-refractivity contribution in [1.82, 2.24) is 10.2 Å². The van der Waals surface area contributed by atoms with E-state index in [4.69, 9.17) is 5.73 Å². The lowest BCUT2D eigenvalue weighted by atomic mass is 10.00. The molecule has 1 fully saturated rings. The van der Waals surface area contributed by atoms with Gasteiger partial charge in [0.05, 0.1) is 0 Å². The molecular weight excluding hydrogens is 239 g/mol. The van der Waals surface area contributed by atoms with E-state index < -0.39 is 18.0 Å². The number of hydrogen-bond acceptors (Lipinski definition) is 3. The Morgan fingerprint density at radius 1 is 1.35 bits per heavy atom. The highest BCUT2D eigenvalue weighted by molar-refractivity contribution is 5.82. The Morgan fingerprint density at radius 3 is 2.41 bits per heavy atom. The zero-order valence-electron chi connectivity index (χ0n) is 9.09. The van der Waals surface area contributed by atoms with Gasteiger partial charge in [-0.1, -0.05) is 0 Å². The smallest absolute Gasteiger partial charge is 0.370 e. The largest absolute Gasteiger partial charge is 0.471 e. The molecule has 0 radical (unpaired) electrons. The lowest BCUT2D eigenvalue weighted by Crippen LogP contribution is -2.56. The van der Waals surface area contributed by atoms with Crippen LogP contribution in [-0.4, -0.2) is 49.1 Å². The summed E-state index contributed by atoms with van der Waals surface area (Å²) in [4.78, 5) is 21.9. The van der Waals surface area contributed by atoms with E-state index in [1.165, 1.54) is 0 Å². The highest BCUT2D eigenvalue weighted by atomic mass is 19.4. The minimum Gasteiger partial charge on any atom is -0.370 e. The van der Waals surface area contributed by atoms with E-state index in [0.29, 0.717) is 13.1 Å². The summed E-state index contributed by atoms with van der Waals surface area (Å²) in [5, 5.41) is 2.90. The van der Waals surface area contributed by atoms with Crippen LogP contribution in [0.25, 0.3) is 0 Å². The highest BCUT2D eigenvalue weighted by Gasteiger charge is 2.46. The van der Waals surface area contributed by atoms with E-state index in [1.807, 2.05) is 0 Å². The molecule has 1 saturated heterocycles. The maximum absolute atomic E-state index is 12.0. The van der Waals surface area contributed by atoms with Gasteiger partial charge in [0.25, 0.3) is 0 Å². The summed E-state index contributed by atoms with van der Waals surface area (Å²) >= 11 is 0. The number of carbonyl (C=O) groups is 2. The third-order valence-corrected chi connectivity index (χ3v) is 2.47. The van der Waals surface area contributed by atoms with Gasteiger partial charge in [0.2, 0.25) is 5.91 Å². The van der Waals surface area contributed by atoms with Gasteiger partial charge < -0.3 is 16.0 Å². The Morgan fingerprint density at radius 2 is 1.94 bits per heavy atom. The summed E-state index contributed by atoms with van der Waals surface area (Å²) in [5.74, 6) is -2.21. The quantitative estimate of drug-likeness (QED) is 0.647. The Kier molecular flexibility index (Phi) is 4.33. The molecule has 0 saturated carbocycles. The van der Waals surface area contributed by atoms with Crippen LogP contribution in [0.15, 0.2) is 0 Å². The summed E-state index contributed by atoms with van der Waals surface area (Å²) in [5.41, 5.74) is 4.91. The lowest BCUT2D eigenvalue weighted by molar-refractivity contribution is -0.191. The average Bonchev–Trinajstić information content (AvgIpc) is 2.11. The Labute approximate surface area is 96.1 Å². The molecule has 1 aliphatic rings. The Bertz CT molecular complexity index is 300. The topological polar surface area (TPSA) is 75.4 Å². The number of primary amides is 1. The number of nitrogens with one attached hydrogen (secondary N) is 1. The molecule has 2 amide bonds. The van der Waals surface area contributed by atoms with Crippen LogP contribution in [0.3, 0.4) is 0 Å². The van der Waals surface area contributed by atoms with Crippen LogP contribution in [0.5, 0.6) is 0 Å². The molecule has 0 spiro atoms. The van der Waals surface area contributed by atoms with Gasteiger partial charge in [-0.2, -0.15) is 13.2 Å². The first-order valence-electron chi connectivity index (χ1n) is 5.16.